The molecule has 2 aliphatic rings. The number of hydrogen-bond donors (Lipinski definition) is 2. The van der Waals surface area contributed by atoms with Crippen molar-refractivity contribution in [2.45, 2.75) is 56.5 Å². The van der Waals surface area contributed by atoms with Gasteiger partial charge >= 0.3 is 11.9 Å². The van der Waals surface area contributed by atoms with Gasteiger partial charge in [-0.1, -0.05) is 12.8 Å². The molecule has 2 fully saturated rings. The van der Waals surface area contributed by atoms with E-state index in [0.29, 0.717) is 38.8 Å². The fourth-order valence-electron chi connectivity index (χ4n) is 4.55. The molecule has 0 aromatic carbocycles. The molecular formula is C20H25F2N5O5S. The number of carboxylic acids is 1. The van der Waals surface area contributed by atoms with Crippen molar-refractivity contribution in [2.75, 3.05) is 24.7 Å². The number of anilines is 1. The highest BCUT2D eigenvalue weighted by Crippen LogP contribution is 2.33. The van der Waals surface area contributed by atoms with Crippen molar-refractivity contribution in [3.63, 3.8) is 0 Å². The summed E-state index contributed by atoms with van der Waals surface area (Å²) in [6.07, 6.45) is 6.39. The number of carboxylic acid groups (broad SMARTS) is 1. The molecule has 1 saturated heterocycles. The molecule has 0 bridgehead atoms. The van der Waals surface area contributed by atoms with Gasteiger partial charge in [-0.25, -0.2) is 22.5 Å². The SMILES string of the molecule is CS(=O)(=O)N1CCC(Nc2ncc3cc(C(F)(F)C(=O)O)c(=O)n(C4CCCC4)c3n2)CC1. The Balaban J connectivity index is 1.70. The number of pyridine rings is 1. The molecule has 1 saturated carbocycles. The number of fused-ring (bicyclic) bond motifs is 1. The molecule has 0 radical (unpaired) electrons. The van der Waals surface area contributed by atoms with Gasteiger partial charge in [-0.05, 0) is 31.7 Å². The third-order valence-electron chi connectivity index (χ3n) is 6.33. The molecule has 180 valence electrons. The number of hydrogen-bond acceptors (Lipinski definition) is 7. The minimum Gasteiger partial charge on any atom is -0.477 e. The average Bonchev–Trinajstić information content (AvgIpc) is 3.27. The summed E-state index contributed by atoms with van der Waals surface area (Å²) in [4.78, 5) is 32.8. The van der Waals surface area contributed by atoms with Crippen molar-refractivity contribution in [3.8, 4) is 0 Å². The molecule has 0 spiro atoms. The normalized spacial score (nSPS) is 19.2. The van der Waals surface area contributed by atoms with Crippen LogP contribution in [0.4, 0.5) is 14.7 Å². The predicted molar refractivity (Wildman–Crippen MR) is 116 cm³/mol. The van der Waals surface area contributed by atoms with Crippen LogP contribution in [0.2, 0.25) is 0 Å². The van der Waals surface area contributed by atoms with E-state index in [1.807, 2.05) is 0 Å². The van der Waals surface area contributed by atoms with Crippen LogP contribution < -0.4 is 10.9 Å². The maximum Gasteiger partial charge on any atom is 0.379 e. The number of alkyl halides is 2. The van der Waals surface area contributed by atoms with Crippen LogP contribution in [0.3, 0.4) is 0 Å². The Bertz CT molecular complexity index is 1240. The van der Waals surface area contributed by atoms with Crippen LogP contribution in [-0.4, -0.2) is 63.7 Å². The summed E-state index contributed by atoms with van der Waals surface area (Å²) in [5, 5.41) is 12.3. The Kier molecular flexibility index (Phi) is 6.12. The van der Waals surface area contributed by atoms with E-state index in [1.165, 1.54) is 15.1 Å². The molecule has 3 heterocycles. The Morgan fingerprint density at radius 3 is 2.42 bits per heavy atom. The van der Waals surface area contributed by atoms with Crippen LogP contribution in [0, 0.1) is 0 Å². The zero-order valence-electron chi connectivity index (χ0n) is 18.0. The molecule has 4 rings (SSSR count). The van der Waals surface area contributed by atoms with E-state index in [1.54, 1.807) is 0 Å². The smallest absolute Gasteiger partial charge is 0.379 e. The molecule has 1 aliphatic heterocycles. The lowest BCUT2D eigenvalue weighted by Gasteiger charge is -2.30. The highest BCUT2D eigenvalue weighted by Gasteiger charge is 2.45. The molecule has 13 heteroatoms. The maximum atomic E-state index is 14.3. The van der Waals surface area contributed by atoms with Crippen LogP contribution >= 0.6 is 0 Å². The summed E-state index contributed by atoms with van der Waals surface area (Å²) >= 11 is 0. The average molecular weight is 486 g/mol. The highest BCUT2D eigenvalue weighted by molar-refractivity contribution is 7.88. The Morgan fingerprint density at radius 1 is 1.21 bits per heavy atom. The van der Waals surface area contributed by atoms with E-state index in [-0.39, 0.29) is 29.1 Å². The minimum absolute atomic E-state index is 0.0947. The number of piperidine rings is 1. The maximum absolute atomic E-state index is 14.3. The summed E-state index contributed by atoms with van der Waals surface area (Å²) in [7, 11) is -3.26. The monoisotopic (exact) mass is 485 g/mol. The first-order valence-electron chi connectivity index (χ1n) is 10.7. The molecule has 2 aromatic rings. The fraction of sp³-hybridized carbons (Fsp3) is 0.600. The molecule has 10 nitrogen and oxygen atoms in total. The first-order chi connectivity index (χ1) is 15.5. The van der Waals surface area contributed by atoms with Gasteiger partial charge in [0, 0.05) is 36.8 Å². The number of aliphatic carboxylic acids is 1. The van der Waals surface area contributed by atoms with E-state index in [9.17, 15) is 26.8 Å². The van der Waals surface area contributed by atoms with Crippen molar-refractivity contribution < 1.29 is 27.1 Å². The van der Waals surface area contributed by atoms with Gasteiger partial charge in [-0.15, -0.1) is 0 Å². The van der Waals surface area contributed by atoms with Gasteiger partial charge in [-0.2, -0.15) is 13.8 Å². The molecule has 2 N–H and O–H groups in total. The number of sulfonamides is 1. The van der Waals surface area contributed by atoms with Crippen LogP contribution in [-0.2, 0) is 20.7 Å². The first kappa shape index (κ1) is 23.5. The minimum atomic E-state index is -4.34. The number of rotatable bonds is 6. The zero-order chi connectivity index (χ0) is 24.0. The van der Waals surface area contributed by atoms with Crippen LogP contribution in [0.25, 0.3) is 11.0 Å². The van der Waals surface area contributed by atoms with Crippen LogP contribution in [0.5, 0.6) is 0 Å². The lowest BCUT2D eigenvalue weighted by atomic mass is 10.1. The van der Waals surface area contributed by atoms with E-state index in [0.717, 1.165) is 25.2 Å². The fourth-order valence-corrected chi connectivity index (χ4v) is 5.42. The van der Waals surface area contributed by atoms with Crippen molar-refractivity contribution in [3.05, 3.63) is 28.2 Å². The molecule has 1 aliphatic carbocycles. The highest BCUT2D eigenvalue weighted by atomic mass is 32.2. The largest absolute Gasteiger partial charge is 0.477 e. The predicted octanol–water partition coefficient (Wildman–Crippen LogP) is 1.92. The Hall–Kier alpha value is -2.67. The van der Waals surface area contributed by atoms with E-state index >= 15 is 0 Å². The molecule has 0 unspecified atom stereocenters. The third kappa shape index (κ3) is 4.56. The van der Waals surface area contributed by atoms with Gasteiger partial charge in [0.25, 0.3) is 5.56 Å². The van der Waals surface area contributed by atoms with E-state index in [2.05, 4.69) is 15.3 Å². The summed E-state index contributed by atoms with van der Waals surface area (Å²) in [5.41, 5.74) is -2.00. The van der Waals surface area contributed by atoms with Crippen molar-refractivity contribution in [1.29, 1.82) is 0 Å². The second-order valence-electron chi connectivity index (χ2n) is 8.60. The van der Waals surface area contributed by atoms with E-state index in [4.69, 9.17) is 5.11 Å². The lowest BCUT2D eigenvalue weighted by Crippen LogP contribution is -2.42. The van der Waals surface area contributed by atoms with Crippen molar-refractivity contribution >= 4 is 33.0 Å². The van der Waals surface area contributed by atoms with Crippen LogP contribution in [0.1, 0.15) is 50.1 Å². The van der Waals surface area contributed by atoms with Gasteiger partial charge in [-0.3, -0.25) is 9.36 Å². The Morgan fingerprint density at radius 2 is 1.85 bits per heavy atom. The first-order valence-corrected chi connectivity index (χ1v) is 12.6. The summed E-state index contributed by atoms with van der Waals surface area (Å²) in [5.74, 6) is -6.53. The zero-order valence-corrected chi connectivity index (χ0v) is 18.8. The number of aromatic nitrogens is 3. The van der Waals surface area contributed by atoms with Gasteiger partial charge in [0.15, 0.2) is 0 Å². The van der Waals surface area contributed by atoms with Crippen LogP contribution in [0.15, 0.2) is 17.1 Å². The number of carbonyl (C=O) groups is 1. The summed E-state index contributed by atoms with van der Waals surface area (Å²) in [6, 6.07) is 0.402. The van der Waals surface area contributed by atoms with Gasteiger partial charge in [0.1, 0.15) is 5.65 Å². The van der Waals surface area contributed by atoms with Gasteiger partial charge in [0.2, 0.25) is 16.0 Å². The second-order valence-corrected chi connectivity index (χ2v) is 10.6. The number of nitrogens with one attached hydrogen (secondary N) is 1. The molecule has 33 heavy (non-hydrogen) atoms. The molecule has 0 amide bonds. The summed E-state index contributed by atoms with van der Waals surface area (Å²) < 4.78 is 54.6. The Labute approximate surface area is 188 Å². The third-order valence-corrected chi connectivity index (χ3v) is 7.63. The standard InChI is InChI=1S/C20H25F2N5O5S/c1-33(31,32)26-8-6-13(7-9-26)24-19-23-11-12-10-15(20(21,22)18(29)30)17(28)27(16(12)25-19)14-4-2-3-5-14/h10-11,13-14H,2-9H2,1H3,(H,29,30)(H,23,24,25). The second kappa shape index (κ2) is 8.60. The number of nitrogens with zero attached hydrogens (tertiary/aromatic N) is 4. The van der Waals surface area contributed by atoms with Crippen molar-refractivity contribution in [1.82, 2.24) is 18.8 Å². The topological polar surface area (TPSA) is 134 Å². The van der Waals surface area contributed by atoms with Crippen molar-refractivity contribution in [2.24, 2.45) is 0 Å². The lowest BCUT2D eigenvalue weighted by molar-refractivity contribution is -0.166. The summed E-state index contributed by atoms with van der Waals surface area (Å²) in [6.45, 7) is 0.703. The quantitative estimate of drug-likeness (QED) is 0.634. The van der Waals surface area contributed by atoms with Gasteiger partial charge in [0.05, 0.1) is 11.8 Å². The molecule has 0 atom stereocenters. The molecule has 2 aromatic heterocycles. The number of halogens is 2. The van der Waals surface area contributed by atoms with E-state index < -0.39 is 33.0 Å². The molecular weight excluding hydrogens is 460 g/mol. The van der Waals surface area contributed by atoms with Gasteiger partial charge < -0.3 is 10.4 Å².